The van der Waals surface area contributed by atoms with E-state index in [-0.39, 0.29) is 17.8 Å². The lowest BCUT2D eigenvalue weighted by Gasteiger charge is -2.28. The van der Waals surface area contributed by atoms with Gasteiger partial charge in [0.2, 0.25) is 0 Å². The van der Waals surface area contributed by atoms with Gasteiger partial charge in [0, 0.05) is 30.9 Å². The molecule has 0 radical (unpaired) electrons. The minimum absolute atomic E-state index is 0.234. The summed E-state index contributed by atoms with van der Waals surface area (Å²) in [6, 6.07) is 0. The summed E-state index contributed by atoms with van der Waals surface area (Å²) in [7, 11) is 0. The highest BCUT2D eigenvalue weighted by molar-refractivity contribution is 5.92. The number of rotatable bonds is 4. The quantitative estimate of drug-likeness (QED) is 0.333. The van der Waals surface area contributed by atoms with Gasteiger partial charge < -0.3 is 19.3 Å². The largest absolute Gasteiger partial charge is 0.458 e. The van der Waals surface area contributed by atoms with Crippen LogP contribution in [0.4, 0.5) is 0 Å². The third-order valence-electron chi connectivity index (χ3n) is 5.09. The molecule has 0 saturated carbocycles. The van der Waals surface area contributed by atoms with E-state index >= 15 is 0 Å². The van der Waals surface area contributed by atoms with Gasteiger partial charge in [-0.25, -0.2) is 9.59 Å². The standard InChI is InChI=1S/C22H28O7/c1-12-6-7-17(27-16(5)24)14(3)11-19-20(15(4)22(26)29-19)18(10-12)28-21(25)13(2)8-9-23/h6,8,11,17-20,23H,4,7,9-10H2,1-3,5H3/b12-6+,13-8+,14-11-/t17-,18+,19-,20+/m0/s1. The van der Waals surface area contributed by atoms with E-state index < -0.39 is 42.1 Å². The molecule has 1 saturated heterocycles. The first-order chi connectivity index (χ1) is 13.6. The molecule has 0 amide bonds. The molecule has 1 fully saturated rings. The number of carbonyl (C=O) groups is 3. The normalized spacial score (nSPS) is 31.6. The third-order valence-corrected chi connectivity index (χ3v) is 5.09. The van der Waals surface area contributed by atoms with E-state index in [4.69, 9.17) is 19.3 Å². The molecular formula is C22H28O7. The van der Waals surface area contributed by atoms with Crippen LogP contribution in [0.2, 0.25) is 0 Å². The van der Waals surface area contributed by atoms with Crippen molar-refractivity contribution in [2.24, 2.45) is 5.92 Å². The van der Waals surface area contributed by atoms with E-state index in [1.165, 1.54) is 13.0 Å². The number of ether oxygens (including phenoxy) is 3. The Hall–Kier alpha value is -2.67. The van der Waals surface area contributed by atoms with E-state index in [1.54, 1.807) is 19.9 Å². The Morgan fingerprint density at radius 1 is 1.31 bits per heavy atom. The van der Waals surface area contributed by atoms with E-state index in [2.05, 4.69) is 6.58 Å². The molecule has 1 N–H and O–H groups in total. The topological polar surface area (TPSA) is 99.1 Å². The maximum atomic E-state index is 12.4. The summed E-state index contributed by atoms with van der Waals surface area (Å²) in [4.78, 5) is 36.1. The van der Waals surface area contributed by atoms with Gasteiger partial charge in [-0.05, 0) is 38.5 Å². The Balaban J connectivity index is 2.42. The van der Waals surface area contributed by atoms with Gasteiger partial charge in [0.1, 0.15) is 18.3 Å². The molecule has 0 aromatic heterocycles. The molecule has 0 spiro atoms. The molecule has 0 aromatic carbocycles. The first-order valence-electron chi connectivity index (χ1n) is 9.53. The fraction of sp³-hybridized carbons (Fsp3) is 0.500. The van der Waals surface area contributed by atoms with Gasteiger partial charge in [0.05, 0.1) is 12.5 Å². The highest BCUT2D eigenvalue weighted by Gasteiger charge is 2.44. The van der Waals surface area contributed by atoms with E-state index in [0.717, 1.165) is 11.1 Å². The monoisotopic (exact) mass is 404 g/mol. The van der Waals surface area contributed by atoms with Crippen molar-refractivity contribution in [1.29, 1.82) is 0 Å². The summed E-state index contributed by atoms with van der Waals surface area (Å²) in [6.07, 6.45) is 4.05. The lowest BCUT2D eigenvalue weighted by Crippen LogP contribution is -2.34. The van der Waals surface area contributed by atoms with Crippen molar-refractivity contribution < 1.29 is 33.7 Å². The van der Waals surface area contributed by atoms with E-state index in [9.17, 15) is 14.4 Å². The Bertz CT molecular complexity index is 787. The van der Waals surface area contributed by atoms with Crippen molar-refractivity contribution >= 4 is 17.9 Å². The second kappa shape index (κ2) is 9.69. The van der Waals surface area contributed by atoms with Gasteiger partial charge in [-0.3, -0.25) is 4.79 Å². The highest BCUT2D eigenvalue weighted by Crippen LogP contribution is 2.36. The number of aliphatic hydroxyl groups is 1. The van der Waals surface area contributed by atoms with Crippen molar-refractivity contribution in [1.82, 2.24) is 0 Å². The maximum Gasteiger partial charge on any atom is 0.334 e. The van der Waals surface area contributed by atoms with Crippen LogP contribution in [-0.4, -0.2) is 47.9 Å². The zero-order valence-electron chi connectivity index (χ0n) is 17.3. The summed E-state index contributed by atoms with van der Waals surface area (Å²) in [6.45, 7) is 10.2. The number of esters is 3. The molecule has 0 aromatic rings. The average molecular weight is 404 g/mol. The summed E-state index contributed by atoms with van der Waals surface area (Å²) in [5.41, 5.74) is 2.17. The third kappa shape index (κ3) is 5.67. The van der Waals surface area contributed by atoms with Crippen molar-refractivity contribution in [3.63, 3.8) is 0 Å². The van der Waals surface area contributed by atoms with Crippen LogP contribution in [0, 0.1) is 5.92 Å². The van der Waals surface area contributed by atoms with E-state index in [0.29, 0.717) is 12.8 Å². The fourth-order valence-corrected chi connectivity index (χ4v) is 3.48. The first-order valence-corrected chi connectivity index (χ1v) is 9.53. The molecule has 0 bridgehead atoms. The van der Waals surface area contributed by atoms with Crippen LogP contribution in [-0.2, 0) is 28.6 Å². The number of carbonyl (C=O) groups excluding carboxylic acids is 3. The van der Waals surface area contributed by atoms with Crippen LogP contribution in [0.5, 0.6) is 0 Å². The molecular weight excluding hydrogens is 376 g/mol. The van der Waals surface area contributed by atoms with Crippen molar-refractivity contribution in [2.45, 2.75) is 58.8 Å². The van der Waals surface area contributed by atoms with Gasteiger partial charge in [-0.15, -0.1) is 0 Å². The van der Waals surface area contributed by atoms with Gasteiger partial charge in [0.25, 0.3) is 0 Å². The summed E-state index contributed by atoms with van der Waals surface area (Å²) < 4.78 is 16.6. The van der Waals surface area contributed by atoms with Crippen molar-refractivity contribution in [2.75, 3.05) is 6.61 Å². The average Bonchev–Trinajstić information content (AvgIpc) is 2.90. The Morgan fingerprint density at radius 2 is 2.00 bits per heavy atom. The van der Waals surface area contributed by atoms with Gasteiger partial charge in [-0.2, -0.15) is 0 Å². The van der Waals surface area contributed by atoms with Gasteiger partial charge in [0.15, 0.2) is 0 Å². The molecule has 1 aliphatic carbocycles. The predicted molar refractivity (Wildman–Crippen MR) is 106 cm³/mol. The van der Waals surface area contributed by atoms with Crippen molar-refractivity contribution in [3.05, 3.63) is 47.1 Å². The highest BCUT2D eigenvalue weighted by atomic mass is 16.6. The Kier molecular flexibility index (Phi) is 7.56. The van der Waals surface area contributed by atoms with Crippen LogP contribution in [0.15, 0.2) is 47.1 Å². The van der Waals surface area contributed by atoms with Crippen molar-refractivity contribution in [3.8, 4) is 0 Å². The molecule has 4 atom stereocenters. The van der Waals surface area contributed by atoms with Gasteiger partial charge in [-0.1, -0.05) is 18.2 Å². The number of fused-ring (bicyclic) bond motifs is 1. The molecule has 2 rings (SSSR count). The first kappa shape index (κ1) is 22.6. The molecule has 2 aliphatic rings. The maximum absolute atomic E-state index is 12.4. The van der Waals surface area contributed by atoms with Crippen LogP contribution < -0.4 is 0 Å². The lowest BCUT2D eigenvalue weighted by atomic mass is 9.85. The smallest absolute Gasteiger partial charge is 0.334 e. The molecule has 1 aliphatic heterocycles. The Morgan fingerprint density at radius 3 is 2.62 bits per heavy atom. The fourth-order valence-electron chi connectivity index (χ4n) is 3.48. The number of aliphatic hydroxyl groups excluding tert-OH is 1. The van der Waals surface area contributed by atoms with Crippen LogP contribution >= 0.6 is 0 Å². The summed E-state index contributed by atoms with van der Waals surface area (Å²) in [5.74, 6) is -2.08. The molecule has 1 heterocycles. The zero-order valence-corrected chi connectivity index (χ0v) is 17.3. The molecule has 29 heavy (non-hydrogen) atoms. The minimum Gasteiger partial charge on any atom is -0.458 e. The molecule has 0 unspecified atom stereocenters. The predicted octanol–water partition coefficient (Wildman–Crippen LogP) is 2.55. The SMILES string of the molecule is C=C1C(=O)O[C@H]2/C=C(/C)[C@@H](OC(C)=O)C/C=C(\C)C[C@@H](OC(=O)/C(C)=C/CO)[C@@H]12. The second-order valence-electron chi connectivity index (χ2n) is 7.43. The molecule has 7 heteroatoms. The summed E-state index contributed by atoms with van der Waals surface area (Å²) in [5, 5.41) is 9.01. The molecule has 158 valence electrons. The minimum atomic E-state index is -0.682. The number of hydrogen-bond donors (Lipinski definition) is 1. The number of hydrogen-bond acceptors (Lipinski definition) is 7. The van der Waals surface area contributed by atoms with Crippen LogP contribution in [0.3, 0.4) is 0 Å². The Labute approximate surface area is 170 Å². The summed E-state index contributed by atoms with van der Waals surface area (Å²) >= 11 is 0. The lowest BCUT2D eigenvalue weighted by molar-refractivity contribution is -0.148. The van der Waals surface area contributed by atoms with E-state index in [1.807, 2.05) is 13.0 Å². The van der Waals surface area contributed by atoms with Crippen LogP contribution in [0.1, 0.15) is 40.5 Å². The van der Waals surface area contributed by atoms with Crippen LogP contribution in [0.25, 0.3) is 0 Å². The zero-order chi connectivity index (χ0) is 21.7. The van der Waals surface area contributed by atoms with Gasteiger partial charge >= 0.3 is 17.9 Å². The molecule has 7 nitrogen and oxygen atoms in total. The second-order valence-corrected chi connectivity index (χ2v) is 7.43.